The van der Waals surface area contributed by atoms with Gasteiger partial charge in [0.25, 0.3) is 5.91 Å². The summed E-state index contributed by atoms with van der Waals surface area (Å²) < 4.78 is 17.1. The maximum Gasteiger partial charge on any atom is 0.261 e. The smallest absolute Gasteiger partial charge is 0.261 e. The van der Waals surface area contributed by atoms with Gasteiger partial charge in [-0.25, -0.2) is 0 Å². The Bertz CT molecular complexity index is 743. The van der Waals surface area contributed by atoms with Crippen LogP contribution in [0.15, 0.2) is 42.5 Å². The lowest BCUT2D eigenvalue weighted by atomic mass is 10.1. The lowest BCUT2D eigenvalue weighted by Gasteiger charge is -2.18. The van der Waals surface area contributed by atoms with Crippen LogP contribution < -0.4 is 19.5 Å². The Kier molecular flexibility index (Phi) is 8.66. The summed E-state index contributed by atoms with van der Waals surface area (Å²) in [5.41, 5.74) is 2.19. The number of carbonyl (C=O) groups excluding carboxylic acids is 1. The average Bonchev–Trinajstić information content (AvgIpc) is 2.72. The molecule has 152 valence electrons. The van der Waals surface area contributed by atoms with Crippen LogP contribution in [0.1, 0.15) is 45.2 Å². The fraction of sp³-hybridized carbons (Fsp3) is 0.435. The Balaban J connectivity index is 1.97. The summed E-state index contributed by atoms with van der Waals surface area (Å²) >= 11 is 0. The van der Waals surface area contributed by atoms with Crippen LogP contribution in [-0.2, 0) is 17.8 Å². The number of nitrogens with one attached hydrogen (secondary N) is 1. The predicted molar refractivity (Wildman–Crippen MR) is 111 cm³/mol. The van der Waals surface area contributed by atoms with Gasteiger partial charge in [0.2, 0.25) is 0 Å². The van der Waals surface area contributed by atoms with Gasteiger partial charge in [-0.2, -0.15) is 0 Å². The predicted octanol–water partition coefficient (Wildman–Crippen LogP) is 4.52. The van der Waals surface area contributed by atoms with E-state index in [0.29, 0.717) is 43.4 Å². The van der Waals surface area contributed by atoms with Gasteiger partial charge in [0.15, 0.2) is 17.6 Å². The van der Waals surface area contributed by atoms with Gasteiger partial charge in [0, 0.05) is 6.54 Å². The zero-order valence-corrected chi connectivity index (χ0v) is 17.3. The Morgan fingerprint density at radius 3 is 2.14 bits per heavy atom. The highest BCUT2D eigenvalue weighted by Crippen LogP contribution is 2.28. The van der Waals surface area contributed by atoms with Crippen LogP contribution in [0.25, 0.3) is 0 Å². The lowest BCUT2D eigenvalue weighted by molar-refractivity contribution is -0.128. The van der Waals surface area contributed by atoms with E-state index in [1.807, 2.05) is 63.2 Å². The topological polar surface area (TPSA) is 56.8 Å². The van der Waals surface area contributed by atoms with Crippen molar-refractivity contribution in [2.45, 2.75) is 53.2 Å². The molecule has 0 saturated carbocycles. The molecule has 0 aliphatic carbocycles. The SMILES string of the molecule is CCOc1ccc(CNC(=O)[C@@H](CC)Oc2ccc(CC)cc2)cc1OCC. The van der Waals surface area contributed by atoms with E-state index in [-0.39, 0.29) is 5.91 Å². The molecule has 2 rings (SSSR count). The molecular formula is C23H31NO4. The van der Waals surface area contributed by atoms with Gasteiger partial charge in [0.05, 0.1) is 13.2 Å². The van der Waals surface area contributed by atoms with Crippen LogP contribution in [0, 0.1) is 0 Å². The number of benzene rings is 2. The molecule has 0 unspecified atom stereocenters. The van der Waals surface area contributed by atoms with Gasteiger partial charge in [-0.1, -0.05) is 32.0 Å². The maximum atomic E-state index is 12.6. The number of ether oxygens (including phenoxy) is 3. The van der Waals surface area contributed by atoms with Crippen molar-refractivity contribution < 1.29 is 19.0 Å². The highest BCUT2D eigenvalue weighted by Gasteiger charge is 2.18. The molecule has 2 aromatic rings. The number of amides is 1. The van der Waals surface area contributed by atoms with Crippen molar-refractivity contribution in [3.63, 3.8) is 0 Å². The minimum absolute atomic E-state index is 0.131. The summed E-state index contributed by atoms with van der Waals surface area (Å²) in [7, 11) is 0. The van der Waals surface area contributed by atoms with E-state index in [1.54, 1.807) is 0 Å². The van der Waals surface area contributed by atoms with E-state index in [0.717, 1.165) is 12.0 Å². The first kappa shape index (κ1) is 21.6. The van der Waals surface area contributed by atoms with E-state index >= 15 is 0 Å². The van der Waals surface area contributed by atoms with Crippen LogP contribution >= 0.6 is 0 Å². The monoisotopic (exact) mass is 385 g/mol. The normalized spacial score (nSPS) is 11.6. The molecule has 0 bridgehead atoms. The quantitative estimate of drug-likeness (QED) is 0.618. The third-order valence-corrected chi connectivity index (χ3v) is 4.35. The standard InChI is InChI=1S/C23H31NO4/c1-5-17-9-12-19(13-10-17)28-20(6-2)23(25)24-16-18-11-14-21(26-7-3)22(15-18)27-8-4/h9-15,20H,5-8,16H2,1-4H3,(H,24,25)/t20-/m1/s1. The maximum absolute atomic E-state index is 12.6. The second kappa shape index (κ2) is 11.2. The molecule has 1 N–H and O–H groups in total. The molecule has 0 aliphatic rings. The molecule has 1 atom stereocenters. The third kappa shape index (κ3) is 6.19. The van der Waals surface area contributed by atoms with E-state index in [4.69, 9.17) is 14.2 Å². The van der Waals surface area contributed by atoms with Gasteiger partial charge in [-0.15, -0.1) is 0 Å². The summed E-state index contributed by atoms with van der Waals surface area (Å²) in [4.78, 5) is 12.6. The molecule has 0 fully saturated rings. The molecule has 0 saturated heterocycles. The summed E-state index contributed by atoms with van der Waals surface area (Å²) in [6, 6.07) is 13.6. The van der Waals surface area contributed by atoms with Crippen LogP contribution in [0.2, 0.25) is 0 Å². The first-order chi connectivity index (χ1) is 13.6. The van der Waals surface area contributed by atoms with Crippen molar-refractivity contribution in [3.05, 3.63) is 53.6 Å². The molecule has 0 spiro atoms. The Morgan fingerprint density at radius 2 is 1.54 bits per heavy atom. The second-order valence-electron chi connectivity index (χ2n) is 6.38. The van der Waals surface area contributed by atoms with Crippen LogP contribution in [0.4, 0.5) is 0 Å². The first-order valence-corrected chi connectivity index (χ1v) is 10.0. The summed E-state index contributed by atoms with van der Waals surface area (Å²) in [6.45, 7) is 9.44. The zero-order valence-electron chi connectivity index (χ0n) is 17.3. The van der Waals surface area contributed by atoms with Crippen LogP contribution in [-0.4, -0.2) is 25.2 Å². The lowest BCUT2D eigenvalue weighted by Crippen LogP contribution is -2.37. The summed E-state index contributed by atoms with van der Waals surface area (Å²) in [5.74, 6) is 1.98. The van der Waals surface area contributed by atoms with Crippen LogP contribution in [0.5, 0.6) is 17.2 Å². The number of hydrogen-bond acceptors (Lipinski definition) is 4. The number of hydrogen-bond donors (Lipinski definition) is 1. The largest absolute Gasteiger partial charge is 0.490 e. The van der Waals surface area contributed by atoms with Crippen molar-refractivity contribution in [3.8, 4) is 17.2 Å². The average molecular weight is 386 g/mol. The van der Waals surface area contributed by atoms with Gasteiger partial charge < -0.3 is 19.5 Å². The Hall–Kier alpha value is -2.69. The summed E-state index contributed by atoms with van der Waals surface area (Å²) in [6.07, 6.45) is 1.04. The Morgan fingerprint density at radius 1 is 0.893 bits per heavy atom. The second-order valence-corrected chi connectivity index (χ2v) is 6.38. The highest BCUT2D eigenvalue weighted by molar-refractivity contribution is 5.81. The summed E-state index contributed by atoms with van der Waals surface area (Å²) in [5, 5.41) is 2.95. The number of carbonyl (C=O) groups is 1. The molecule has 5 heteroatoms. The Labute approximate surface area is 168 Å². The molecule has 0 heterocycles. The zero-order chi connectivity index (χ0) is 20.4. The minimum Gasteiger partial charge on any atom is -0.490 e. The molecular weight excluding hydrogens is 354 g/mol. The van der Waals surface area contributed by atoms with E-state index in [1.165, 1.54) is 5.56 Å². The van der Waals surface area contributed by atoms with E-state index < -0.39 is 6.10 Å². The molecule has 1 amide bonds. The third-order valence-electron chi connectivity index (χ3n) is 4.35. The first-order valence-electron chi connectivity index (χ1n) is 10.0. The highest BCUT2D eigenvalue weighted by atomic mass is 16.5. The minimum atomic E-state index is -0.526. The molecule has 5 nitrogen and oxygen atoms in total. The van der Waals surface area contributed by atoms with Gasteiger partial charge >= 0.3 is 0 Å². The molecule has 28 heavy (non-hydrogen) atoms. The van der Waals surface area contributed by atoms with Crippen molar-refractivity contribution in [1.29, 1.82) is 0 Å². The van der Waals surface area contributed by atoms with Gasteiger partial charge in [-0.05, 0) is 62.1 Å². The number of aryl methyl sites for hydroxylation is 1. The van der Waals surface area contributed by atoms with Gasteiger partial charge in [0.1, 0.15) is 5.75 Å². The van der Waals surface area contributed by atoms with Crippen molar-refractivity contribution >= 4 is 5.91 Å². The van der Waals surface area contributed by atoms with E-state index in [9.17, 15) is 4.79 Å². The van der Waals surface area contributed by atoms with Gasteiger partial charge in [-0.3, -0.25) is 4.79 Å². The van der Waals surface area contributed by atoms with Crippen molar-refractivity contribution in [2.24, 2.45) is 0 Å². The molecule has 0 aliphatic heterocycles. The van der Waals surface area contributed by atoms with Crippen molar-refractivity contribution in [1.82, 2.24) is 5.32 Å². The molecule has 2 aromatic carbocycles. The van der Waals surface area contributed by atoms with Crippen LogP contribution in [0.3, 0.4) is 0 Å². The molecule has 0 aromatic heterocycles. The fourth-order valence-corrected chi connectivity index (χ4v) is 2.80. The number of rotatable bonds is 11. The van der Waals surface area contributed by atoms with Crippen molar-refractivity contribution in [2.75, 3.05) is 13.2 Å². The van der Waals surface area contributed by atoms with E-state index in [2.05, 4.69) is 12.2 Å². The fourth-order valence-electron chi connectivity index (χ4n) is 2.80. The molecule has 0 radical (unpaired) electrons.